The van der Waals surface area contributed by atoms with E-state index in [0.717, 1.165) is 38.5 Å². The van der Waals surface area contributed by atoms with E-state index in [9.17, 15) is 44.6 Å². The van der Waals surface area contributed by atoms with Crippen LogP contribution >= 0.6 is 7.82 Å². The zero-order valence-corrected chi connectivity index (χ0v) is 34.4. The van der Waals surface area contributed by atoms with Gasteiger partial charge in [-0.25, -0.2) is 4.57 Å². The van der Waals surface area contributed by atoms with Gasteiger partial charge in [-0.1, -0.05) is 162 Å². The highest BCUT2D eigenvalue weighted by Gasteiger charge is 2.51. The van der Waals surface area contributed by atoms with Gasteiger partial charge in [-0.2, -0.15) is 0 Å². The van der Waals surface area contributed by atoms with E-state index in [2.05, 4.69) is 6.92 Å². The Morgan fingerprint density at radius 1 is 0.500 bits per heavy atom. The number of aliphatic hydroxyl groups excluding tert-OH is 5. The number of esters is 2. The molecule has 13 nitrogen and oxygen atoms in total. The highest BCUT2D eigenvalue weighted by Crippen LogP contribution is 2.47. The lowest BCUT2D eigenvalue weighted by Crippen LogP contribution is -2.64. The second-order valence-corrected chi connectivity index (χ2v) is 16.6. The fraction of sp³-hybridized carbons (Fsp3) is 0.950. The van der Waals surface area contributed by atoms with Crippen LogP contribution in [0, 0.1) is 0 Å². The third kappa shape index (κ3) is 24.5. The summed E-state index contributed by atoms with van der Waals surface area (Å²) in [6.07, 6.45) is 16.9. The van der Waals surface area contributed by atoms with Gasteiger partial charge in [-0.3, -0.25) is 18.6 Å². The van der Waals surface area contributed by atoms with Gasteiger partial charge in [0.1, 0.15) is 43.2 Å². The fourth-order valence-corrected chi connectivity index (χ4v) is 7.67. The Morgan fingerprint density at radius 3 is 1.24 bits per heavy atom. The van der Waals surface area contributed by atoms with Gasteiger partial charge in [0.25, 0.3) is 0 Å². The molecule has 0 amide bonds. The molecule has 6 unspecified atom stereocenters. The second kappa shape index (κ2) is 31.9. The molecule has 0 radical (unpaired) electrons. The van der Waals surface area contributed by atoms with Gasteiger partial charge in [0.15, 0.2) is 6.10 Å². The Balaban J connectivity index is 2.30. The molecule has 0 heterocycles. The predicted octanol–water partition coefficient (Wildman–Crippen LogP) is 7.33. The lowest BCUT2D eigenvalue weighted by atomic mass is 9.85. The first-order valence-corrected chi connectivity index (χ1v) is 22.8. The average Bonchev–Trinajstić information content (AvgIpc) is 3.15. The van der Waals surface area contributed by atoms with E-state index < -0.39 is 75.7 Å². The predicted molar refractivity (Wildman–Crippen MR) is 208 cm³/mol. The van der Waals surface area contributed by atoms with Crippen LogP contribution in [0.1, 0.15) is 187 Å². The molecule has 1 aliphatic rings. The summed E-state index contributed by atoms with van der Waals surface area (Å²) in [5.74, 6) is -1.11. The van der Waals surface area contributed by atoms with Crippen LogP contribution in [0.4, 0.5) is 0 Å². The molecule has 0 aromatic heterocycles. The molecule has 54 heavy (non-hydrogen) atoms. The summed E-state index contributed by atoms with van der Waals surface area (Å²) in [7, 11) is -5.09. The lowest BCUT2D eigenvalue weighted by Gasteiger charge is -2.41. The van der Waals surface area contributed by atoms with Gasteiger partial charge in [-0.05, 0) is 12.8 Å². The standard InChI is InChI=1S/C40H77O13P/c1-3-5-7-9-10-11-12-13-14-15-16-17-18-19-20-21-22-23-24-25-27-29-34(42)52-32(30-50-33(41)28-26-8-6-4-2)31-51-54(48,49)53-40-38(46)36(44)35(43)37(45)39(40)47/h32,35-40,43-47H,3-31H2,1-2H3,(H,48,49). The number of carbonyl (C=O) groups is 2. The summed E-state index contributed by atoms with van der Waals surface area (Å²) in [6.45, 7) is 3.15. The molecule has 0 saturated heterocycles. The number of unbranched alkanes of at least 4 members (excludes halogenated alkanes) is 23. The Labute approximate surface area is 325 Å². The van der Waals surface area contributed by atoms with Crippen LogP contribution in [0.15, 0.2) is 0 Å². The topological polar surface area (TPSA) is 210 Å². The fourth-order valence-electron chi connectivity index (χ4n) is 6.70. The van der Waals surface area contributed by atoms with Crippen LogP contribution < -0.4 is 0 Å². The summed E-state index contributed by atoms with van der Waals surface area (Å²) < 4.78 is 33.1. The molecule has 0 aliphatic heterocycles. The molecular formula is C40H77O13P. The molecule has 1 aliphatic carbocycles. The average molecular weight is 797 g/mol. The Hall–Kier alpha value is -1.15. The summed E-state index contributed by atoms with van der Waals surface area (Å²) in [5, 5.41) is 49.8. The number of phosphoric acid groups is 1. The lowest BCUT2D eigenvalue weighted by molar-refractivity contribution is -0.220. The number of phosphoric ester groups is 1. The number of rotatable bonds is 35. The van der Waals surface area contributed by atoms with E-state index in [4.69, 9.17) is 18.5 Å². The normalized spacial score (nSPS) is 23.2. The monoisotopic (exact) mass is 797 g/mol. The first-order valence-electron chi connectivity index (χ1n) is 21.3. The minimum absolute atomic E-state index is 0.104. The largest absolute Gasteiger partial charge is 0.472 e. The van der Waals surface area contributed by atoms with Crippen molar-refractivity contribution >= 4 is 19.8 Å². The second-order valence-electron chi connectivity index (χ2n) is 15.2. The van der Waals surface area contributed by atoms with Crippen molar-refractivity contribution in [2.24, 2.45) is 0 Å². The van der Waals surface area contributed by atoms with Gasteiger partial charge < -0.3 is 39.9 Å². The summed E-state index contributed by atoms with van der Waals surface area (Å²) in [4.78, 5) is 35.2. The van der Waals surface area contributed by atoms with Crippen molar-refractivity contribution in [1.82, 2.24) is 0 Å². The number of hydrogen-bond donors (Lipinski definition) is 6. The van der Waals surface area contributed by atoms with Gasteiger partial charge in [-0.15, -0.1) is 0 Å². The number of carbonyl (C=O) groups excluding carboxylic acids is 2. The van der Waals surface area contributed by atoms with Crippen LogP contribution in [0.5, 0.6) is 0 Å². The van der Waals surface area contributed by atoms with Gasteiger partial charge in [0.2, 0.25) is 0 Å². The van der Waals surface area contributed by atoms with E-state index in [1.54, 1.807) is 0 Å². The van der Waals surface area contributed by atoms with Crippen LogP contribution in [-0.4, -0.2) is 98.3 Å². The minimum atomic E-state index is -5.09. The third-order valence-electron chi connectivity index (χ3n) is 10.2. The summed E-state index contributed by atoms with van der Waals surface area (Å²) in [5.41, 5.74) is 0. The Kier molecular flexibility index (Phi) is 30.0. The van der Waals surface area contributed by atoms with Crippen molar-refractivity contribution in [3.63, 3.8) is 0 Å². The highest BCUT2D eigenvalue weighted by atomic mass is 31.2. The zero-order chi connectivity index (χ0) is 40.0. The quantitative estimate of drug-likeness (QED) is 0.0211. The Bertz CT molecular complexity index is 969. The molecule has 0 bridgehead atoms. The smallest absolute Gasteiger partial charge is 0.462 e. The molecule has 6 N–H and O–H groups in total. The molecule has 6 atom stereocenters. The molecule has 1 saturated carbocycles. The van der Waals surface area contributed by atoms with E-state index in [-0.39, 0.29) is 12.8 Å². The minimum Gasteiger partial charge on any atom is -0.462 e. The molecule has 1 fully saturated rings. The molecular weight excluding hydrogens is 719 g/mol. The van der Waals surface area contributed by atoms with Gasteiger partial charge in [0.05, 0.1) is 6.61 Å². The van der Waals surface area contributed by atoms with Crippen LogP contribution in [0.2, 0.25) is 0 Å². The van der Waals surface area contributed by atoms with Crippen molar-refractivity contribution in [1.29, 1.82) is 0 Å². The summed E-state index contributed by atoms with van der Waals surface area (Å²) >= 11 is 0. The van der Waals surface area contributed by atoms with Crippen molar-refractivity contribution < 1.29 is 63.1 Å². The Morgan fingerprint density at radius 2 is 0.833 bits per heavy atom. The van der Waals surface area contributed by atoms with Crippen molar-refractivity contribution in [3.05, 3.63) is 0 Å². The van der Waals surface area contributed by atoms with Crippen LogP contribution in [0.25, 0.3) is 0 Å². The molecule has 14 heteroatoms. The number of hydrogen-bond acceptors (Lipinski definition) is 12. The van der Waals surface area contributed by atoms with Crippen molar-refractivity contribution in [3.8, 4) is 0 Å². The van der Waals surface area contributed by atoms with E-state index in [1.165, 1.54) is 109 Å². The first kappa shape index (κ1) is 50.9. The van der Waals surface area contributed by atoms with E-state index >= 15 is 0 Å². The maximum atomic E-state index is 12.7. The molecule has 320 valence electrons. The molecule has 0 spiro atoms. The molecule has 0 aromatic rings. The molecule has 1 rings (SSSR count). The third-order valence-corrected chi connectivity index (χ3v) is 11.2. The van der Waals surface area contributed by atoms with Crippen molar-refractivity contribution in [2.75, 3.05) is 13.2 Å². The van der Waals surface area contributed by atoms with E-state index in [1.807, 2.05) is 6.92 Å². The zero-order valence-electron chi connectivity index (χ0n) is 33.5. The number of ether oxygens (including phenoxy) is 2. The van der Waals surface area contributed by atoms with Gasteiger partial charge >= 0.3 is 19.8 Å². The summed E-state index contributed by atoms with van der Waals surface area (Å²) in [6, 6.07) is 0. The maximum Gasteiger partial charge on any atom is 0.472 e. The van der Waals surface area contributed by atoms with Gasteiger partial charge in [0, 0.05) is 12.8 Å². The highest BCUT2D eigenvalue weighted by molar-refractivity contribution is 7.47. The van der Waals surface area contributed by atoms with Crippen LogP contribution in [0.3, 0.4) is 0 Å². The van der Waals surface area contributed by atoms with Crippen LogP contribution in [-0.2, 0) is 32.7 Å². The first-order chi connectivity index (χ1) is 25.9. The van der Waals surface area contributed by atoms with Crippen molar-refractivity contribution in [2.45, 2.75) is 230 Å². The van der Waals surface area contributed by atoms with E-state index in [0.29, 0.717) is 12.8 Å². The SMILES string of the molecule is CCCCCCCCCCCCCCCCCCCCCCCC(=O)OC(COC(=O)CCCCCC)COP(=O)(O)OC1C(O)C(O)C(O)C(O)C1O. The molecule has 0 aromatic carbocycles. The maximum absolute atomic E-state index is 12.7. The number of aliphatic hydroxyl groups is 5.